The van der Waals surface area contributed by atoms with Gasteiger partial charge in [0.1, 0.15) is 0 Å². The van der Waals surface area contributed by atoms with Crippen molar-refractivity contribution in [2.45, 2.75) is 39.7 Å². The highest BCUT2D eigenvalue weighted by Gasteiger charge is 2.15. The zero-order valence-electron chi connectivity index (χ0n) is 12.3. The number of fused-ring (bicyclic) bond motifs is 1. The van der Waals surface area contributed by atoms with Crippen molar-refractivity contribution in [3.8, 4) is 0 Å². The average Bonchev–Trinajstić information content (AvgIpc) is 2.75. The number of benzene rings is 1. The fraction of sp³-hybridized carbons (Fsp3) is 0.438. The van der Waals surface area contributed by atoms with E-state index in [-0.39, 0.29) is 0 Å². The summed E-state index contributed by atoms with van der Waals surface area (Å²) in [6.45, 7) is 6.89. The van der Waals surface area contributed by atoms with Gasteiger partial charge < -0.3 is 15.4 Å². The predicted octanol–water partition coefficient (Wildman–Crippen LogP) is 3.12. The van der Waals surface area contributed by atoms with Crippen LogP contribution in [0.15, 0.2) is 18.3 Å². The number of carbonyl (C=O) groups is 1. The summed E-state index contributed by atoms with van der Waals surface area (Å²) >= 11 is 0. The molecule has 0 spiro atoms. The standard InChI is InChI=1S/C16H22N2O2/c1-10(2)18-9-12(5-4-6-17)14-8-13(16(19)20)7-11(3)15(14)18/h7-10H,4-6,17H2,1-3H3,(H,19,20). The second-order valence-electron chi connectivity index (χ2n) is 5.54. The molecule has 1 aromatic heterocycles. The summed E-state index contributed by atoms with van der Waals surface area (Å²) < 4.78 is 2.22. The summed E-state index contributed by atoms with van der Waals surface area (Å²) in [5.74, 6) is -0.878. The Morgan fingerprint density at radius 3 is 2.65 bits per heavy atom. The highest BCUT2D eigenvalue weighted by molar-refractivity contribution is 5.96. The lowest BCUT2D eigenvalue weighted by Crippen LogP contribution is -2.01. The molecule has 0 aliphatic carbocycles. The number of aromatic nitrogens is 1. The minimum Gasteiger partial charge on any atom is -0.478 e. The van der Waals surface area contributed by atoms with Crippen molar-refractivity contribution in [3.05, 3.63) is 35.0 Å². The Labute approximate surface area is 119 Å². The maximum atomic E-state index is 11.2. The highest BCUT2D eigenvalue weighted by atomic mass is 16.4. The van der Waals surface area contributed by atoms with E-state index in [2.05, 4.69) is 24.6 Å². The van der Waals surface area contributed by atoms with Gasteiger partial charge >= 0.3 is 5.97 Å². The Bertz CT molecular complexity index is 641. The molecule has 0 saturated carbocycles. The third-order valence-corrected chi connectivity index (χ3v) is 3.65. The summed E-state index contributed by atoms with van der Waals surface area (Å²) in [5, 5.41) is 10.3. The number of carboxylic acid groups (broad SMARTS) is 1. The number of rotatable bonds is 5. The van der Waals surface area contributed by atoms with Crippen molar-refractivity contribution in [1.82, 2.24) is 4.57 Å². The molecular formula is C16H22N2O2. The Kier molecular flexibility index (Phi) is 4.14. The minimum absolute atomic E-state index is 0.346. The number of aromatic carboxylic acids is 1. The van der Waals surface area contributed by atoms with Gasteiger partial charge in [-0.25, -0.2) is 4.79 Å². The monoisotopic (exact) mass is 274 g/mol. The van der Waals surface area contributed by atoms with Crippen LogP contribution in [0.3, 0.4) is 0 Å². The third-order valence-electron chi connectivity index (χ3n) is 3.65. The molecule has 2 rings (SSSR count). The van der Waals surface area contributed by atoms with Gasteiger partial charge in [0, 0.05) is 17.6 Å². The zero-order valence-corrected chi connectivity index (χ0v) is 12.3. The molecule has 0 radical (unpaired) electrons. The van der Waals surface area contributed by atoms with Crippen LogP contribution in [0.2, 0.25) is 0 Å². The van der Waals surface area contributed by atoms with Crippen molar-refractivity contribution >= 4 is 16.9 Å². The summed E-state index contributed by atoms with van der Waals surface area (Å²) in [7, 11) is 0. The van der Waals surface area contributed by atoms with E-state index in [0.717, 1.165) is 29.3 Å². The van der Waals surface area contributed by atoms with Crippen LogP contribution in [0, 0.1) is 6.92 Å². The van der Waals surface area contributed by atoms with Gasteiger partial charge in [-0.2, -0.15) is 0 Å². The molecule has 0 aliphatic heterocycles. The van der Waals surface area contributed by atoms with Crippen LogP contribution in [0.4, 0.5) is 0 Å². The maximum absolute atomic E-state index is 11.2. The van der Waals surface area contributed by atoms with E-state index in [1.54, 1.807) is 12.1 Å². The minimum atomic E-state index is -0.878. The molecule has 0 fully saturated rings. The third kappa shape index (κ3) is 2.56. The van der Waals surface area contributed by atoms with Gasteiger partial charge in [-0.3, -0.25) is 0 Å². The predicted molar refractivity (Wildman–Crippen MR) is 81.4 cm³/mol. The number of nitrogens with two attached hydrogens (primary N) is 1. The summed E-state index contributed by atoms with van der Waals surface area (Å²) in [6, 6.07) is 3.88. The van der Waals surface area contributed by atoms with Gasteiger partial charge in [-0.1, -0.05) is 0 Å². The molecule has 4 heteroatoms. The maximum Gasteiger partial charge on any atom is 0.335 e. The van der Waals surface area contributed by atoms with E-state index < -0.39 is 5.97 Å². The first kappa shape index (κ1) is 14.6. The number of aryl methyl sites for hydroxylation is 2. The normalized spacial score (nSPS) is 11.4. The molecule has 0 bridgehead atoms. The van der Waals surface area contributed by atoms with Crippen LogP contribution < -0.4 is 5.73 Å². The molecule has 0 atom stereocenters. The van der Waals surface area contributed by atoms with E-state index >= 15 is 0 Å². The van der Waals surface area contributed by atoms with E-state index in [9.17, 15) is 9.90 Å². The van der Waals surface area contributed by atoms with Crippen LogP contribution >= 0.6 is 0 Å². The van der Waals surface area contributed by atoms with Crippen LogP contribution in [-0.4, -0.2) is 22.2 Å². The highest BCUT2D eigenvalue weighted by Crippen LogP contribution is 2.29. The zero-order chi connectivity index (χ0) is 14.9. The van der Waals surface area contributed by atoms with Gasteiger partial charge in [0.05, 0.1) is 11.1 Å². The van der Waals surface area contributed by atoms with Crippen LogP contribution in [-0.2, 0) is 6.42 Å². The van der Waals surface area contributed by atoms with E-state index in [1.807, 2.05) is 6.92 Å². The van der Waals surface area contributed by atoms with Crippen LogP contribution in [0.5, 0.6) is 0 Å². The van der Waals surface area contributed by atoms with Crippen LogP contribution in [0.1, 0.15) is 47.8 Å². The second kappa shape index (κ2) is 5.67. The molecule has 108 valence electrons. The quantitative estimate of drug-likeness (QED) is 0.880. The summed E-state index contributed by atoms with van der Waals surface area (Å²) in [6.07, 6.45) is 3.94. The lowest BCUT2D eigenvalue weighted by atomic mass is 10.0. The Morgan fingerprint density at radius 2 is 2.10 bits per heavy atom. The fourth-order valence-electron chi connectivity index (χ4n) is 2.69. The Balaban J connectivity index is 2.69. The number of hydrogen-bond donors (Lipinski definition) is 2. The molecular weight excluding hydrogens is 252 g/mol. The molecule has 1 heterocycles. The lowest BCUT2D eigenvalue weighted by Gasteiger charge is -2.11. The van der Waals surface area contributed by atoms with Crippen molar-refractivity contribution in [3.63, 3.8) is 0 Å². The van der Waals surface area contributed by atoms with E-state index in [1.165, 1.54) is 5.56 Å². The molecule has 0 amide bonds. The molecule has 4 nitrogen and oxygen atoms in total. The lowest BCUT2D eigenvalue weighted by molar-refractivity contribution is 0.0697. The van der Waals surface area contributed by atoms with Crippen molar-refractivity contribution in [2.75, 3.05) is 6.54 Å². The largest absolute Gasteiger partial charge is 0.478 e. The molecule has 0 unspecified atom stereocenters. The van der Waals surface area contributed by atoms with Gasteiger partial charge in [0.25, 0.3) is 0 Å². The number of hydrogen-bond acceptors (Lipinski definition) is 2. The Hall–Kier alpha value is -1.81. The fourth-order valence-corrected chi connectivity index (χ4v) is 2.69. The molecule has 0 saturated heterocycles. The molecule has 20 heavy (non-hydrogen) atoms. The first-order valence-electron chi connectivity index (χ1n) is 7.03. The number of carboxylic acids is 1. The average molecular weight is 274 g/mol. The van der Waals surface area contributed by atoms with Crippen LogP contribution in [0.25, 0.3) is 10.9 Å². The molecule has 3 N–H and O–H groups in total. The van der Waals surface area contributed by atoms with Crippen molar-refractivity contribution < 1.29 is 9.90 Å². The van der Waals surface area contributed by atoms with Gasteiger partial charge in [-0.05, 0) is 63.4 Å². The van der Waals surface area contributed by atoms with Gasteiger partial charge in [0.2, 0.25) is 0 Å². The van der Waals surface area contributed by atoms with Gasteiger partial charge in [-0.15, -0.1) is 0 Å². The Morgan fingerprint density at radius 1 is 1.40 bits per heavy atom. The first-order chi connectivity index (χ1) is 9.45. The first-order valence-corrected chi connectivity index (χ1v) is 7.03. The molecule has 0 aliphatic rings. The van der Waals surface area contributed by atoms with E-state index in [4.69, 9.17) is 5.73 Å². The van der Waals surface area contributed by atoms with E-state index in [0.29, 0.717) is 18.2 Å². The van der Waals surface area contributed by atoms with Crippen molar-refractivity contribution in [1.29, 1.82) is 0 Å². The molecule has 2 aromatic rings. The van der Waals surface area contributed by atoms with Crippen molar-refractivity contribution in [2.24, 2.45) is 5.73 Å². The summed E-state index contributed by atoms with van der Waals surface area (Å²) in [4.78, 5) is 11.2. The number of nitrogens with zero attached hydrogens (tertiary/aromatic N) is 1. The summed E-state index contributed by atoms with van der Waals surface area (Å²) in [5.41, 5.74) is 9.28. The molecule has 1 aromatic carbocycles. The SMILES string of the molecule is Cc1cc(C(=O)O)cc2c(CCCN)cn(C(C)C)c12. The topological polar surface area (TPSA) is 68.2 Å². The smallest absolute Gasteiger partial charge is 0.335 e. The van der Waals surface area contributed by atoms with Gasteiger partial charge in [0.15, 0.2) is 0 Å². The second-order valence-corrected chi connectivity index (χ2v) is 5.54.